The summed E-state index contributed by atoms with van der Waals surface area (Å²) in [4.78, 5) is 4.23. The summed E-state index contributed by atoms with van der Waals surface area (Å²) < 4.78 is 16.2. The van der Waals surface area contributed by atoms with Crippen LogP contribution in [-0.2, 0) is 6.54 Å². The average Bonchev–Trinajstić information content (AvgIpc) is 2.70. The number of nitrogens with zero attached hydrogens (tertiary/aromatic N) is 1. The summed E-state index contributed by atoms with van der Waals surface area (Å²) in [6, 6.07) is 15.5. The number of benzene rings is 2. The molecule has 2 rings (SSSR count). The Kier molecular flexibility index (Phi) is 11.1. The molecule has 0 spiro atoms. The Balaban J connectivity index is 0.00000364. The first-order valence-corrected chi connectivity index (χ1v) is 8.60. The summed E-state index contributed by atoms with van der Waals surface area (Å²) in [5.74, 6) is 3.28. The van der Waals surface area contributed by atoms with Crippen LogP contribution < -0.4 is 24.8 Å². The Morgan fingerprint density at radius 1 is 0.926 bits per heavy atom. The number of guanidine groups is 1. The van der Waals surface area contributed by atoms with Gasteiger partial charge in [0, 0.05) is 25.7 Å². The first kappa shape index (κ1) is 22.9. The molecule has 2 N–H and O–H groups in total. The largest absolute Gasteiger partial charge is 0.497 e. The molecule has 7 heteroatoms. The van der Waals surface area contributed by atoms with E-state index in [9.17, 15) is 0 Å². The Morgan fingerprint density at radius 2 is 1.63 bits per heavy atom. The van der Waals surface area contributed by atoms with E-state index in [0.29, 0.717) is 13.2 Å². The van der Waals surface area contributed by atoms with Crippen molar-refractivity contribution in [2.45, 2.75) is 13.0 Å². The number of hydrogen-bond donors (Lipinski definition) is 2. The van der Waals surface area contributed by atoms with Crippen LogP contribution >= 0.6 is 24.0 Å². The molecule has 6 nitrogen and oxygen atoms in total. The molecule has 0 aliphatic rings. The molecule has 0 saturated carbocycles. The number of nitrogens with one attached hydrogen (secondary N) is 2. The predicted molar refractivity (Wildman–Crippen MR) is 120 cm³/mol. The first-order valence-electron chi connectivity index (χ1n) is 8.60. The van der Waals surface area contributed by atoms with Crippen LogP contribution in [-0.4, -0.2) is 40.4 Å². The Bertz CT molecular complexity index is 693. The maximum Gasteiger partial charge on any atom is 0.191 e. The monoisotopic (exact) mass is 485 g/mol. The van der Waals surface area contributed by atoms with Gasteiger partial charge in [-0.2, -0.15) is 0 Å². The molecule has 0 radical (unpaired) electrons. The second kappa shape index (κ2) is 13.1. The van der Waals surface area contributed by atoms with Crippen molar-refractivity contribution in [1.29, 1.82) is 0 Å². The highest BCUT2D eigenvalue weighted by atomic mass is 127. The van der Waals surface area contributed by atoms with E-state index in [1.807, 2.05) is 48.5 Å². The molecule has 0 saturated heterocycles. The quantitative estimate of drug-likeness (QED) is 0.247. The van der Waals surface area contributed by atoms with Crippen molar-refractivity contribution in [2.24, 2.45) is 4.99 Å². The summed E-state index contributed by atoms with van der Waals surface area (Å²) in [6.45, 7) is 2.04. The molecule has 2 aromatic rings. The molecule has 0 aliphatic carbocycles. The van der Waals surface area contributed by atoms with Crippen molar-refractivity contribution in [2.75, 3.05) is 34.4 Å². The van der Waals surface area contributed by atoms with E-state index >= 15 is 0 Å². The summed E-state index contributed by atoms with van der Waals surface area (Å²) in [6.07, 6.45) is 0.862. The van der Waals surface area contributed by atoms with Gasteiger partial charge in [0.1, 0.15) is 17.2 Å². The maximum atomic E-state index is 5.71. The van der Waals surface area contributed by atoms with Gasteiger partial charge in [-0.1, -0.05) is 18.2 Å². The summed E-state index contributed by atoms with van der Waals surface area (Å²) in [5.41, 5.74) is 1.08. The third kappa shape index (κ3) is 7.94. The van der Waals surface area contributed by atoms with Gasteiger partial charge in [0.25, 0.3) is 0 Å². The molecule has 0 fully saturated rings. The van der Waals surface area contributed by atoms with Crippen LogP contribution in [0.15, 0.2) is 53.5 Å². The highest BCUT2D eigenvalue weighted by Gasteiger charge is 2.03. The van der Waals surface area contributed by atoms with Crippen LogP contribution in [0.1, 0.15) is 12.0 Å². The lowest BCUT2D eigenvalue weighted by Gasteiger charge is -2.14. The fourth-order valence-corrected chi connectivity index (χ4v) is 2.39. The number of para-hydroxylation sites is 1. The lowest BCUT2D eigenvalue weighted by atomic mass is 10.2. The Labute approximate surface area is 178 Å². The fraction of sp³-hybridized carbons (Fsp3) is 0.350. The van der Waals surface area contributed by atoms with E-state index < -0.39 is 0 Å². The van der Waals surface area contributed by atoms with Gasteiger partial charge in [-0.25, -0.2) is 0 Å². The van der Waals surface area contributed by atoms with E-state index in [1.54, 1.807) is 21.3 Å². The molecule has 2 aromatic carbocycles. The zero-order valence-corrected chi connectivity index (χ0v) is 18.4. The van der Waals surface area contributed by atoms with Crippen molar-refractivity contribution in [3.8, 4) is 17.2 Å². The highest BCUT2D eigenvalue weighted by molar-refractivity contribution is 14.0. The van der Waals surface area contributed by atoms with Gasteiger partial charge in [0.2, 0.25) is 0 Å². The van der Waals surface area contributed by atoms with E-state index in [2.05, 4.69) is 15.6 Å². The summed E-state index contributed by atoms with van der Waals surface area (Å²) in [5, 5.41) is 6.57. The predicted octanol–water partition coefficient (Wildman–Crippen LogP) is 3.46. The smallest absolute Gasteiger partial charge is 0.191 e. The molecular weight excluding hydrogens is 457 g/mol. The molecule has 0 bridgehead atoms. The maximum absolute atomic E-state index is 5.71. The van der Waals surface area contributed by atoms with E-state index in [-0.39, 0.29) is 24.0 Å². The third-order valence-electron chi connectivity index (χ3n) is 3.80. The van der Waals surface area contributed by atoms with Crippen molar-refractivity contribution >= 4 is 29.9 Å². The molecule has 0 amide bonds. The molecule has 0 aliphatic heterocycles. The molecule has 148 valence electrons. The number of hydrogen-bond acceptors (Lipinski definition) is 4. The minimum absolute atomic E-state index is 0. The minimum Gasteiger partial charge on any atom is -0.497 e. The highest BCUT2D eigenvalue weighted by Crippen LogP contribution is 2.17. The van der Waals surface area contributed by atoms with Crippen LogP contribution in [0.4, 0.5) is 0 Å². The first-order chi connectivity index (χ1) is 12.8. The number of ether oxygens (including phenoxy) is 3. The molecule has 27 heavy (non-hydrogen) atoms. The normalized spacial score (nSPS) is 10.6. The van der Waals surface area contributed by atoms with Crippen LogP contribution in [0.5, 0.6) is 17.2 Å². The zero-order valence-electron chi connectivity index (χ0n) is 16.0. The second-order valence-electron chi connectivity index (χ2n) is 5.54. The van der Waals surface area contributed by atoms with Gasteiger partial charge in [-0.3, -0.25) is 4.99 Å². The van der Waals surface area contributed by atoms with Gasteiger partial charge in [0.05, 0.1) is 20.8 Å². The number of rotatable bonds is 9. The van der Waals surface area contributed by atoms with Crippen LogP contribution in [0.25, 0.3) is 0 Å². The van der Waals surface area contributed by atoms with Gasteiger partial charge in [0.15, 0.2) is 5.96 Å². The van der Waals surface area contributed by atoms with E-state index in [1.165, 1.54) is 0 Å². The number of aliphatic imine (C=N–C) groups is 1. The van der Waals surface area contributed by atoms with Crippen molar-refractivity contribution in [1.82, 2.24) is 10.6 Å². The summed E-state index contributed by atoms with van der Waals surface area (Å²) >= 11 is 0. The standard InChI is InChI=1S/C20H27N3O3.HI/c1-21-20(23-15-16-7-4-5-8-19(16)25-3)22-13-6-14-26-18-11-9-17(24-2)10-12-18;/h4-5,7-12H,6,13-15H2,1-3H3,(H2,21,22,23);1H. The van der Waals surface area contributed by atoms with Crippen LogP contribution in [0.3, 0.4) is 0 Å². The van der Waals surface area contributed by atoms with Gasteiger partial charge < -0.3 is 24.8 Å². The van der Waals surface area contributed by atoms with Gasteiger partial charge >= 0.3 is 0 Å². The fourth-order valence-electron chi connectivity index (χ4n) is 2.39. The molecule has 0 atom stereocenters. The zero-order chi connectivity index (χ0) is 18.6. The minimum atomic E-state index is 0. The molecular formula is C20H28IN3O3. The lowest BCUT2D eigenvalue weighted by molar-refractivity contribution is 0.310. The van der Waals surface area contributed by atoms with Crippen LogP contribution in [0, 0.1) is 0 Å². The van der Waals surface area contributed by atoms with Crippen molar-refractivity contribution < 1.29 is 14.2 Å². The Hall–Kier alpha value is -2.16. The molecule has 0 aromatic heterocycles. The van der Waals surface area contributed by atoms with Crippen molar-refractivity contribution in [3.63, 3.8) is 0 Å². The topological polar surface area (TPSA) is 64.1 Å². The SMILES string of the molecule is CN=C(NCCCOc1ccc(OC)cc1)NCc1ccccc1OC.I. The Morgan fingerprint density at radius 3 is 2.30 bits per heavy atom. The van der Waals surface area contributed by atoms with E-state index in [0.717, 1.165) is 41.7 Å². The molecule has 0 heterocycles. The second-order valence-corrected chi connectivity index (χ2v) is 5.54. The molecule has 0 unspecified atom stereocenters. The van der Waals surface area contributed by atoms with E-state index in [4.69, 9.17) is 14.2 Å². The number of halogens is 1. The summed E-state index contributed by atoms with van der Waals surface area (Å²) in [7, 11) is 5.08. The third-order valence-corrected chi connectivity index (χ3v) is 3.80. The van der Waals surface area contributed by atoms with Crippen molar-refractivity contribution in [3.05, 3.63) is 54.1 Å². The van der Waals surface area contributed by atoms with Gasteiger partial charge in [-0.15, -0.1) is 24.0 Å². The van der Waals surface area contributed by atoms with Crippen LogP contribution in [0.2, 0.25) is 0 Å². The average molecular weight is 485 g/mol. The number of methoxy groups -OCH3 is 2. The van der Waals surface area contributed by atoms with Gasteiger partial charge in [-0.05, 0) is 36.8 Å². The lowest BCUT2D eigenvalue weighted by Crippen LogP contribution is -2.37.